The zero-order valence-corrected chi connectivity index (χ0v) is 7.53. The van der Waals surface area contributed by atoms with Crippen LogP contribution in [-0.2, 0) is 14.3 Å². The van der Waals surface area contributed by atoms with E-state index >= 15 is 0 Å². The monoisotopic (exact) mass is 180 g/mol. The molecule has 0 radical (unpaired) electrons. The Bertz CT molecular complexity index is 280. The van der Waals surface area contributed by atoms with Crippen molar-refractivity contribution in [2.24, 2.45) is 17.8 Å². The number of ketones is 1. The molecule has 0 amide bonds. The maximum atomic E-state index is 11.5. The van der Waals surface area contributed by atoms with Gasteiger partial charge in [0, 0.05) is 5.92 Å². The molecule has 0 N–H and O–H groups in total. The molecule has 13 heavy (non-hydrogen) atoms. The third kappa shape index (κ3) is 1.19. The summed E-state index contributed by atoms with van der Waals surface area (Å²) < 4.78 is 4.86. The highest BCUT2D eigenvalue weighted by molar-refractivity contribution is 6.04. The number of Topliss-reactive ketones (excluding diaryl/α,β-unsaturated/α-hetero) is 1. The average Bonchev–Trinajstić information content (AvgIpc) is 2.63. The third-order valence-corrected chi connectivity index (χ3v) is 2.76. The minimum absolute atomic E-state index is 0.0144. The molecule has 1 fully saturated rings. The van der Waals surface area contributed by atoms with E-state index in [1.165, 1.54) is 0 Å². The van der Waals surface area contributed by atoms with E-state index in [9.17, 15) is 9.59 Å². The Morgan fingerprint density at radius 1 is 1.62 bits per heavy atom. The molecule has 1 unspecified atom stereocenters. The summed E-state index contributed by atoms with van der Waals surface area (Å²) >= 11 is 0. The molecule has 3 nitrogen and oxygen atoms in total. The van der Waals surface area contributed by atoms with Crippen LogP contribution in [0.5, 0.6) is 0 Å². The SMILES string of the molecule is CCOC(=O)C1C(=O)[C@@H]2C=C[C@H]1C2. The molecule has 0 aromatic rings. The van der Waals surface area contributed by atoms with E-state index in [0.717, 1.165) is 6.42 Å². The van der Waals surface area contributed by atoms with Crippen LogP contribution in [0, 0.1) is 17.8 Å². The number of hydrogen-bond acceptors (Lipinski definition) is 3. The van der Waals surface area contributed by atoms with E-state index < -0.39 is 5.92 Å². The van der Waals surface area contributed by atoms with Crippen molar-refractivity contribution in [1.82, 2.24) is 0 Å². The minimum Gasteiger partial charge on any atom is -0.465 e. The lowest BCUT2D eigenvalue weighted by Gasteiger charge is -2.14. The Morgan fingerprint density at radius 3 is 2.92 bits per heavy atom. The Morgan fingerprint density at radius 2 is 2.38 bits per heavy atom. The van der Waals surface area contributed by atoms with Crippen molar-refractivity contribution >= 4 is 11.8 Å². The molecular weight excluding hydrogens is 168 g/mol. The second kappa shape index (κ2) is 2.98. The highest BCUT2D eigenvalue weighted by atomic mass is 16.5. The van der Waals surface area contributed by atoms with Crippen molar-refractivity contribution in [3.05, 3.63) is 12.2 Å². The number of rotatable bonds is 2. The summed E-state index contributed by atoms with van der Waals surface area (Å²) in [6, 6.07) is 0. The number of ether oxygens (including phenoxy) is 1. The maximum Gasteiger partial charge on any atom is 0.317 e. The average molecular weight is 180 g/mol. The third-order valence-electron chi connectivity index (χ3n) is 2.76. The highest BCUT2D eigenvalue weighted by Crippen LogP contribution is 2.41. The van der Waals surface area contributed by atoms with Gasteiger partial charge in [-0.2, -0.15) is 0 Å². The quantitative estimate of drug-likeness (QED) is 0.361. The van der Waals surface area contributed by atoms with Crippen LogP contribution in [0.2, 0.25) is 0 Å². The predicted octanol–water partition coefficient (Wildman–Crippen LogP) is 0.941. The first kappa shape index (κ1) is 8.48. The van der Waals surface area contributed by atoms with Crippen molar-refractivity contribution in [1.29, 1.82) is 0 Å². The molecule has 0 aromatic heterocycles. The second-order valence-electron chi connectivity index (χ2n) is 3.52. The van der Waals surface area contributed by atoms with Gasteiger partial charge >= 0.3 is 5.97 Å². The topological polar surface area (TPSA) is 43.4 Å². The van der Waals surface area contributed by atoms with E-state index in [1.807, 2.05) is 12.2 Å². The molecule has 2 rings (SSSR count). The van der Waals surface area contributed by atoms with E-state index in [-0.39, 0.29) is 23.6 Å². The smallest absolute Gasteiger partial charge is 0.317 e. The summed E-state index contributed by atoms with van der Waals surface area (Å²) in [6.07, 6.45) is 4.68. The standard InChI is InChI=1S/C10H12O3/c1-2-13-10(12)8-6-3-4-7(5-6)9(8)11/h3-4,6-8H,2,5H2,1H3/t6-,7+,8?/m0/s1. The van der Waals surface area contributed by atoms with Gasteiger partial charge in [-0.05, 0) is 19.3 Å². The Balaban J connectivity index is 2.13. The summed E-state index contributed by atoms with van der Waals surface area (Å²) in [7, 11) is 0. The number of carbonyl (C=O) groups excluding carboxylic acids is 2. The summed E-state index contributed by atoms with van der Waals surface area (Å²) in [4.78, 5) is 22.9. The van der Waals surface area contributed by atoms with Crippen molar-refractivity contribution in [2.75, 3.05) is 6.61 Å². The fourth-order valence-electron chi connectivity index (χ4n) is 2.15. The van der Waals surface area contributed by atoms with E-state index in [2.05, 4.69) is 0 Å². The molecule has 2 aliphatic carbocycles. The van der Waals surface area contributed by atoms with E-state index in [0.29, 0.717) is 6.61 Å². The van der Waals surface area contributed by atoms with Gasteiger partial charge < -0.3 is 4.74 Å². The lowest BCUT2D eigenvalue weighted by molar-refractivity contribution is -0.151. The van der Waals surface area contributed by atoms with Crippen LogP contribution >= 0.6 is 0 Å². The van der Waals surface area contributed by atoms with Crippen LogP contribution in [0.4, 0.5) is 0 Å². The fraction of sp³-hybridized carbons (Fsp3) is 0.600. The molecule has 2 bridgehead atoms. The van der Waals surface area contributed by atoms with Crippen LogP contribution in [0.15, 0.2) is 12.2 Å². The van der Waals surface area contributed by atoms with Crippen molar-refractivity contribution in [3.63, 3.8) is 0 Å². The van der Waals surface area contributed by atoms with Gasteiger partial charge in [-0.3, -0.25) is 9.59 Å². The van der Waals surface area contributed by atoms with Gasteiger partial charge in [0.25, 0.3) is 0 Å². The van der Waals surface area contributed by atoms with Gasteiger partial charge in [-0.15, -0.1) is 0 Å². The van der Waals surface area contributed by atoms with Crippen molar-refractivity contribution in [3.8, 4) is 0 Å². The molecule has 2 aliphatic rings. The van der Waals surface area contributed by atoms with Crippen LogP contribution in [0.3, 0.4) is 0 Å². The van der Waals surface area contributed by atoms with Crippen molar-refractivity contribution in [2.45, 2.75) is 13.3 Å². The number of hydrogen-bond donors (Lipinski definition) is 0. The van der Waals surface area contributed by atoms with Gasteiger partial charge in [0.2, 0.25) is 0 Å². The molecule has 0 heterocycles. The Hall–Kier alpha value is -1.12. The first-order valence-corrected chi connectivity index (χ1v) is 4.62. The molecule has 0 aromatic carbocycles. The van der Waals surface area contributed by atoms with E-state index in [4.69, 9.17) is 4.74 Å². The zero-order chi connectivity index (χ0) is 9.42. The van der Waals surface area contributed by atoms with Crippen LogP contribution in [0.1, 0.15) is 13.3 Å². The zero-order valence-electron chi connectivity index (χ0n) is 7.53. The molecule has 3 heteroatoms. The van der Waals surface area contributed by atoms with Gasteiger partial charge in [0.15, 0.2) is 5.78 Å². The first-order valence-electron chi connectivity index (χ1n) is 4.62. The largest absolute Gasteiger partial charge is 0.465 e. The van der Waals surface area contributed by atoms with Gasteiger partial charge in [-0.1, -0.05) is 12.2 Å². The van der Waals surface area contributed by atoms with Gasteiger partial charge in [-0.25, -0.2) is 0 Å². The van der Waals surface area contributed by atoms with Crippen molar-refractivity contribution < 1.29 is 14.3 Å². The van der Waals surface area contributed by atoms with Gasteiger partial charge in [0.05, 0.1) is 6.61 Å². The van der Waals surface area contributed by atoms with Crippen LogP contribution in [-0.4, -0.2) is 18.4 Å². The first-order chi connectivity index (χ1) is 6.24. The highest BCUT2D eigenvalue weighted by Gasteiger charge is 2.47. The minimum atomic E-state index is -0.505. The molecule has 0 saturated heterocycles. The molecule has 0 spiro atoms. The number of esters is 1. The lowest BCUT2D eigenvalue weighted by atomic mass is 9.93. The molecule has 1 saturated carbocycles. The van der Waals surface area contributed by atoms with E-state index in [1.54, 1.807) is 6.92 Å². The number of carbonyl (C=O) groups is 2. The maximum absolute atomic E-state index is 11.5. The molecule has 70 valence electrons. The molecular formula is C10H12O3. The second-order valence-corrected chi connectivity index (χ2v) is 3.52. The summed E-state index contributed by atoms with van der Waals surface area (Å²) in [6.45, 7) is 2.11. The summed E-state index contributed by atoms with van der Waals surface area (Å²) in [5, 5.41) is 0. The fourth-order valence-corrected chi connectivity index (χ4v) is 2.15. The van der Waals surface area contributed by atoms with Crippen LogP contribution in [0.25, 0.3) is 0 Å². The predicted molar refractivity (Wildman–Crippen MR) is 45.9 cm³/mol. The number of fused-ring (bicyclic) bond motifs is 2. The summed E-state index contributed by atoms with van der Waals surface area (Å²) in [5.74, 6) is -0.707. The Kier molecular flexibility index (Phi) is 1.94. The Labute approximate surface area is 76.8 Å². The number of allylic oxidation sites excluding steroid dienone is 2. The van der Waals surface area contributed by atoms with Gasteiger partial charge in [0.1, 0.15) is 5.92 Å². The normalized spacial score (nSPS) is 35.5. The lowest BCUT2D eigenvalue weighted by Crippen LogP contribution is -2.29. The molecule has 0 aliphatic heterocycles. The van der Waals surface area contributed by atoms with Crippen LogP contribution < -0.4 is 0 Å². The molecule has 3 atom stereocenters. The summed E-state index contributed by atoms with van der Waals surface area (Å²) in [5.41, 5.74) is 0.